The summed E-state index contributed by atoms with van der Waals surface area (Å²) in [5, 5.41) is 7.80. The molecule has 1 unspecified atom stereocenters. The van der Waals surface area contributed by atoms with Gasteiger partial charge in [0.25, 0.3) is 0 Å². The lowest BCUT2D eigenvalue weighted by molar-refractivity contribution is 0.142. The van der Waals surface area contributed by atoms with Gasteiger partial charge in [0.15, 0.2) is 0 Å². The van der Waals surface area contributed by atoms with Crippen molar-refractivity contribution >= 4 is 11.3 Å². The van der Waals surface area contributed by atoms with Crippen LogP contribution >= 0.6 is 11.3 Å². The summed E-state index contributed by atoms with van der Waals surface area (Å²) in [4.78, 5) is 2.28. The van der Waals surface area contributed by atoms with Crippen LogP contribution in [-0.2, 0) is 6.42 Å². The van der Waals surface area contributed by atoms with Crippen LogP contribution in [0.25, 0.3) is 0 Å². The van der Waals surface area contributed by atoms with Crippen LogP contribution in [0.1, 0.15) is 19.4 Å². The zero-order chi connectivity index (χ0) is 11.5. The molecule has 1 rings (SSSR count). The van der Waals surface area contributed by atoms with E-state index < -0.39 is 0 Å². The second-order valence-corrected chi connectivity index (χ2v) is 5.51. The highest BCUT2D eigenvalue weighted by Crippen LogP contribution is 2.20. The second kappa shape index (κ2) is 5.10. The molecule has 0 radical (unpaired) electrons. The molecule has 0 bridgehead atoms. The van der Waals surface area contributed by atoms with Gasteiger partial charge in [-0.2, -0.15) is 11.3 Å². The average molecular weight is 226 g/mol. The first kappa shape index (κ1) is 12.7. The number of nitrogens with one attached hydrogen (secondary N) is 1. The van der Waals surface area contributed by atoms with E-state index in [2.05, 4.69) is 55.0 Å². The molecule has 0 aliphatic heterocycles. The minimum absolute atomic E-state index is 0.163. The fourth-order valence-corrected chi connectivity index (χ4v) is 2.34. The Bertz CT molecular complexity index is 278. The van der Waals surface area contributed by atoms with E-state index in [1.54, 1.807) is 11.3 Å². The van der Waals surface area contributed by atoms with E-state index >= 15 is 0 Å². The summed E-state index contributed by atoms with van der Waals surface area (Å²) in [6.07, 6.45) is 1.09. The van der Waals surface area contributed by atoms with Crippen LogP contribution in [0.5, 0.6) is 0 Å². The Morgan fingerprint density at radius 1 is 1.47 bits per heavy atom. The SMILES string of the molecule is CNC(Cc1ccsc1)C(C)(C)N(C)C. The van der Waals surface area contributed by atoms with Gasteiger partial charge in [0.2, 0.25) is 0 Å². The molecule has 0 spiro atoms. The van der Waals surface area contributed by atoms with Crippen LogP contribution < -0.4 is 5.32 Å². The van der Waals surface area contributed by atoms with Crippen molar-refractivity contribution < 1.29 is 0 Å². The third-order valence-corrected chi connectivity index (χ3v) is 4.11. The van der Waals surface area contributed by atoms with E-state index in [4.69, 9.17) is 0 Å². The lowest BCUT2D eigenvalue weighted by Crippen LogP contribution is -2.55. The highest BCUT2D eigenvalue weighted by atomic mass is 32.1. The van der Waals surface area contributed by atoms with Gasteiger partial charge in [-0.05, 0) is 63.8 Å². The van der Waals surface area contributed by atoms with Crippen molar-refractivity contribution in [1.29, 1.82) is 0 Å². The van der Waals surface area contributed by atoms with Gasteiger partial charge < -0.3 is 10.2 Å². The number of nitrogens with zero attached hydrogens (tertiary/aromatic N) is 1. The zero-order valence-corrected chi connectivity index (χ0v) is 11.2. The van der Waals surface area contributed by atoms with Crippen LogP contribution in [0.3, 0.4) is 0 Å². The summed E-state index contributed by atoms with van der Waals surface area (Å²) < 4.78 is 0. The topological polar surface area (TPSA) is 15.3 Å². The molecular weight excluding hydrogens is 204 g/mol. The average Bonchev–Trinajstić information content (AvgIpc) is 2.65. The van der Waals surface area contributed by atoms with E-state index in [0.717, 1.165) is 6.42 Å². The molecule has 1 heterocycles. The molecule has 2 nitrogen and oxygen atoms in total. The van der Waals surface area contributed by atoms with Gasteiger partial charge in [0.05, 0.1) is 0 Å². The van der Waals surface area contributed by atoms with Crippen LogP contribution in [0, 0.1) is 0 Å². The molecule has 1 aromatic heterocycles. The Morgan fingerprint density at radius 2 is 2.13 bits per heavy atom. The first-order valence-electron chi connectivity index (χ1n) is 5.34. The summed E-state index contributed by atoms with van der Waals surface area (Å²) in [5.74, 6) is 0. The standard InChI is InChI=1S/C12H22N2S/c1-12(2,14(4)5)11(13-3)8-10-6-7-15-9-10/h6-7,9,11,13H,8H2,1-5H3. The number of likely N-dealkylation sites (N-methyl/N-ethyl adjacent to an activating group) is 2. The number of hydrogen-bond donors (Lipinski definition) is 1. The number of rotatable bonds is 5. The summed E-state index contributed by atoms with van der Waals surface area (Å²) in [5.41, 5.74) is 1.59. The van der Waals surface area contributed by atoms with Crippen LogP contribution in [0.2, 0.25) is 0 Å². The summed E-state index contributed by atoms with van der Waals surface area (Å²) >= 11 is 1.77. The second-order valence-electron chi connectivity index (χ2n) is 4.73. The van der Waals surface area contributed by atoms with E-state index in [-0.39, 0.29) is 5.54 Å². The molecule has 0 aromatic carbocycles. The van der Waals surface area contributed by atoms with E-state index in [9.17, 15) is 0 Å². The van der Waals surface area contributed by atoms with Crippen molar-refractivity contribution in [3.8, 4) is 0 Å². The molecule has 0 fully saturated rings. The molecule has 1 aromatic rings. The molecule has 0 amide bonds. The molecule has 1 N–H and O–H groups in total. The molecule has 0 saturated heterocycles. The quantitative estimate of drug-likeness (QED) is 0.828. The van der Waals surface area contributed by atoms with Crippen LogP contribution in [-0.4, -0.2) is 37.6 Å². The summed E-state index contributed by atoms with van der Waals surface area (Å²) in [6.45, 7) is 4.56. The van der Waals surface area contributed by atoms with Gasteiger partial charge in [-0.1, -0.05) is 0 Å². The number of hydrogen-bond acceptors (Lipinski definition) is 3. The predicted octanol–water partition coefficient (Wildman–Crippen LogP) is 2.22. The fourth-order valence-electron chi connectivity index (χ4n) is 1.66. The predicted molar refractivity (Wildman–Crippen MR) is 68.6 cm³/mol. The molecule has 15 heavy (non-hydrogen) atoms. The van der Waals surface area contributed by atoms with E-state index in [0.29, 0.717) is 6.04 Å². The van der Waals surface area contributed by atoms with Crippen molar-refractivity contribution in [1.82, 2.24) is 10.2 Å². The molecule has 0 aliphatic carbocycles. The van der Waals surface area contributed by atoms with Gasteiger partial charge in [-0.25, -0.2) is 0 Å². The lowest BCUT2D eigenvalue weighted by atomic mass is 9.89. The monoisotopic (exact) mass is 226 g/mol. The minimum atomic E-state index is 0.163. The van der Waals surface area contributed by atoms with E-state index in [1.807, 2.05) is 7.05 Å². The maximum Gasteiger partial charge on any atom is 0.0303 e. The van der Waals surface area contributed by atoms with Gasteiger partial charge in [-0.3, -0.25) is 0 Å². The summed E-state index contributed by atoms with van der Waals surface area (Å²) in [6, 6.07) is 2.68. The van der Waals surface area contributed by atoms with Crippen molar-refractivity contribution in [3.63, 3.8) is 0 Å². The molecular formula is C12H22N2S. The zero-order valence-electron chi connectivity index (χ0n) is 10.4. The Labute approximate surface area is 97.3 Å². The van der Waals surface area contributed by atoms with Gasteiger partial charge in [0, 0.05) is 11.6 Å². The van der Waals surface area contributed by atoms with Gasteiger partial charge in [-0.15, -0.1) is 0 Å². The molecule has 86 valence electrons. The minimum Gasteiger partial charge on any atom is -0.315 e. The molecule has 1 atom stereocenters. The summed E-state index contributed by atoms with van der Waals surface area (Å²) in [7, 11) is 6.32. The van der Waals surface area contributed by atoms with E-state index in [1.165, 1.54) is 5.56 Å². The van der Waals surface area contributed by atoms with Gasteiger partial charge >= 0.3 is 0 Å². The highest BCUT2D eigenvalue weighted by Gasteiger charge is 2.30. The van der Waals surface area contributed by atoms with Crippen LogP contribution in [0.15, 0.2) is 16.8 Å². The molecule has 0 saturated carbocycles. The smallest absolute Gasteiger partial charge is 0.0303 e. The molecule has 0 aliphatic rings. The van der Waals surface area contributed by atoms with Crippen molar-refractivity contribution in [3.05, 3.63) is 22.4 Å². The third kappa shape index (κ3) is 3.03. The van der Waals surface area contributed by atoms with Crippen molar-refractivity contribution in [2.75, 3.05) is 21.1 Å². The Kier molecular flexibility index (Phi) is 4.32. The highest BCUT2D eigenvalue weighted by molar-refractivity contribution is 7.07. The fraction of sp³-hybridized carbons (Fsp3) is 0.667. The van der Waals surface area contributed by atoms with Crippen molar-refractivity contribution in [2.45, 2.75) is 31.8 Å². The number of thiophene rings is 1. The van der Waals surface area contributed by atoms with Crippen LogP contribution in [0.4, 0.5) is 0 Å². The Hall–Kier alpha value is -0.380. The lowest BCUT2D eigenvalue weighted by Gasteiger charge is -2.40. The normalized spacial score (nSPS) is 14.5. The largest absolute Gasteiger partial charge is 0.315 e. The maximum absolute atomic E-state index is 3.42. The molecule has 3 heteroatoms. The van der Waals surface area contributed by atoms with Crippen molar-refractivity contribution in [2.24, 2.45) is 0 Å². The third-order valence-electron chi connectivity index (χ3n) is 3.37. The maximum atomic E-state index is 3.42. The first-order valence-corrected chi connectivity index (χ1v) is 6.28. The Balaban J connectivity index is 2.71. The Morgan fingerprint density at radius 3 is 2.53 bits per heavy atom. The van der Waals surface area contributed by atoms with Gasteiger partial charge in [0.1, 0.15) is 0 Å². The first-order chi connectivity index (χ1) is 6.98.